The molecule has 2 aromatic carbocycles. The summed E-state index contributed by atoms with van der Waals surface area (Å²) in [6.07, 6.45) is 4.41. The molecule has 1 saturated carbocycles. The molecule has 1 aliphatic carbocycles. The number of amides is 2. The Kier molecular flexibility index (Phi) is 7.05. The maximum atomic E-state index is 13.3. The fraction of sp³-hybridized carbons (Fsp3) is 0.440. The van der Waals surface area contributed by atoms with Crippen LogP contribution in [0.5, 0.6) is 5.75 Å². The number of nitrogens with zero attached hydrogens (tertiary/aromatic N) is 2. The zero-order chi connectivity index (χ0) is 22.5. The molecule has 0 unspecified atom stereocenters. The molecule has 0 spiro atoms. The zero-order valence-electron chi connectivity index (χ0n) is 18.4. The van der Waals surface area contributed by atoms with Gasteiger partial charge in [0, 0.05) is 37.4 Å². The van der Waals surface area contributed by atoms with E-state index in [2.05, 4.69) is 10.2 Å². The van der Waals surface area contributed by atoms with E-state index in [1.807, 2.05) is 24.3 Å². The van der Waals surface area contributed by atoms with Gasteiger partial charge in [-0.25, -0.2) is 4.39 Å². The van der Waals surface area contributed by atoms with Crippen molar-refractivity contribution in [3.05, 3.63) is 59.9 Å². The van der Waals surface area contributed by atoms with E-state index in [4.69, 9.17) is 4.74 Å². The molecule has 0 aromatic heterocycles. The van der Waals surface area contributed by atoms with Crippen molar-refractivity contribution in [2.24, 2.45) is 5.92 Å². The molecule has 1 atom stereocenters. The van der Waals surface area contributed by atoms with Gasteiger partial charge in [-0.3, -0.25) is 14.5 Å². The average Bonchev–Trinajstić information content (AvgIpc) is 3.34. The van der Waals surface area contributed by atoms with Crippen LogP contribution in [-0.2, 0) is 4.79 Å². The highest BCUT2D eigenvalue weighted by Crippen LogP contribution is 2.32. The number of carbonyl (C=O) groups is 2. The van der Waals surface area contributed by atoms with E-state index < -0.39 is 0 Å². The first kappa shape index (κ1) is 22.3. The molecule has 6 nitrogen and oxygen atoms in total. The number of carbonyl (C=O) groups excluding carboxylic acids is 2. The van der Waals surface area contributed by atoms with Gasteiger partial charge in [-0.05, 0) is 67.3 Å². The quantitative estimate of drug-likeness (QED) is 0.744. The molecular weight excluding hydrogens is 409 g/mol. The Labute approximate surface area is 188 Å². The van der Waals surface area contributed by atoms with Gasteiger partial charge in [0.2, 0.25) is 5.91 Å². The van der Waals surface area contributed by atoms with Gasteiger partial charge in [-0.15, -0.1) is 0 Å². The number of hydrogen-bond acceptors (Lipinski definition) is 4. The van der Waals surface area contributed by atoms with Crippen LogP contribution in [0.2, 0.25) is 0 Å². The normalized spacial score (nSPS) is 18.4. The Morgan fingerprint density at radius 3 is 2.19 bits per heavy atom. The minimum Gasteiger partial charge on any atom is -0.497 e. The third-order valence-electron chi connectivity index (χ3n) is 6.56. The summed E-state index contributed by atoms with van der Waals surface area (Å²) in [6, 6.07) is 12.8. The van der Waals surface area contributed by atoms with Crippen molar-refractivity contribution >= 4 is 17.5 Å². The van der Waals surface area contributed by atoms with Gasteiger partial charge in [0.25, 0.3) is 5.91 Å². The molecule has 2 aromatic rings. The van der Waals surface area contributed by atoms with E-state index in [0.29, 0.717) is 37.7 Å². The molecule has 0 radical (unpaired) electrons. The number of ether oxygens (including phenoxy) is 1. The molecule has 4 rings (SSSR count). The summed E-state index contributed by atoms with van der Waals surface area (Å²) in [5, 5.41) is 3.08. The Balaban J connectivity index is 1.41. The van der Waals surface area contributed by atoms with Crippen molar-refractivity contribution in [2.75, 3.05) is 38.6 Å². The third kappa shape index (κ3) is 5.10. The van der Waals surface area contributed by atoms with E-state index in [1.165, 1.54) is 24.3 Å². The summed E-state index contributed by atoms with van der Waals surface area (Å²) in [5.74, 6) is 0.642. The molecule has 1 saturated heterocycles. The van der Waals surface area contributed by atoms with Crippen LogP contribution >= 0.6 is 0 Å². The molecule has 1 N–H and O–H groups in total. The summed E-state index contributed by atoms with van der Waals surface area (Å²) in [5.41, 5.74) is 1.24. The predicted octanol–water partition coefficient (Wildman–Crippen LogP) is 3.79. The van der Waals surface area contributed by atoms with Crippen molar-refractivity contribution in [1.82, 2.24) is 9.80 Å². The maximum Gasteiger partial charge on any atom is 0.253 e. The first-order valence-corrected chi connectivity index (χ1v) is 11.3. The van der Waals surface area contributed by atoms with E-state index in [1.54, 1.807) is 12.0 Å². The standard InChI is InChI=1S/C25H30FN3O3/c1-32-22-12-10-21(11-13-22)27-24(30)23(18-4-2-3-5-18)28-14-16-29(17-15-28)25(31)19-6-8-20(26)9-7-19/h6-13,18,23H,2-5,14-17H2,1H3,(H,27,30)/t23-/m0/s1. The van der Waals surface area contributed by atoms with E-state index in [-0.39, 0.29) is 23.7 Å². The smallest absolute Gasteiger partial charge is 0.253 e. The first-order chi connectivity index (χ1) is 15.5. The van der Waals surface area contributed by atoms with Crippen LogP contribution in [0, 0.1) is 11.7 Å². The van der Waals surface area contributed by atoms with Crippen molar-refractivity contribution in [2.45, 2.75) is 31.7 Å². The van der Waals surface area contributed by atoms with E-state index in [9.17, 15) is 14.0 Å². The second-order valence-corrected chi connectivity index (χ2v) is 8.54. The van der Waals surface area contributed by atoms with Crippen molar-refractivity contribution < 1.29 is 18.7 Å². The second kappa shape index (κ2) is 10.1. The fourth-order valence-electron chi connectivity index (χ4n) is 4.82. The lowest BCUT2D eigenvalue weighted by Crippen LogP contribution is -2.56. The first-order valence-electron chi connectivity index (χ1n) is 11.3. The minimum absolute atomic E-state index is 0.0142. The van der Waals surface area contributed by atoms with Crippen LogP contribution in [0.3, 0.4) is 0 Å². The number of hydrogen-bond donors (Lipinski definition) is 1. The van der Waals surface area contributed by atoms with Gasteiger partial charge in [0.1, 0.15) is 11.6 Å². The van der Waals surface area contributed by atoms with Gasteiger partial charge < -0.3 is 15.0 Å². The van der Waals surface area contributed by atoms with Crippen LogP contribution in [0.1, 0.15) is 36.0 Å². The zero-order valence-corrected chi connectivity index (χ0v) is 18.4. The SMILES string of the molecule is COc1ccc(NC(=O)[C@H](C2CCCC2)N2CCN(C(=O)c3ccc(F)cc3)CC2)cc1. The molecule has 1 aliphatic heterocycles. The lowest BCUT2D eigenvalue weighted by molar-refractivity contribution is -0.123. The summed E-state index contributed by atoms with van der Waals surface area (Å²) < 4.78 is 18.4. The number of piperazine rings is 1. The van der Waals surface area contributed by atoms with Gasteiger partial charge >= 0.3 is 0 Å². The number of halogens is 1. The largest absolute Gasteiger partial charge is 0.497 e. The Morgan fingerprint density at radius 2 is 1.59 bits per heavy atom. The molecule has 0 bridgehead atoms. The monoisotopic (exact) mass is 439 g/mol. The molecule has 2 aliphatic rings. The minimum atomic E-state index is -0.353. The van der Waals surface area contributed by atoms with Crippen molar-refractivity contribution in [3.63, 3.8) is 0 Å². The average molecular weight is 440 g/mol. The summed E-state index contributed by atoms with van der Waals surface area (Å²) in [7, 11) is 1.62. The van der Waals surface area contributed by atoms with Gasteiger partial charge in [-0.2, -0.15) is 0 Å². The number of rotatable bonds is 6. The number of nitrogens with one attached hydrogen (secondary N) is 1. The number of methoxy groups -OCH3 is 1. The summed E-state index contributed by atoms with van der Waals surface area (Å²) in [4.78, 5) is 30.1. The number of anilines is 1. The molecule has 2 fully saturated rings. The highest BCUT2D eigenvalue weighted by Gasteiger charge is 2.37. The molecule has 1 heterocycles. The van der Waals surface area contributed by atoms with Gasteiger partial charge in [0.15, 0.2) is 0 Å². The molecule has 170 valence electrons. The molecule has 2 amide bonds. The maximum absolute atomic E-state index is 13.3. The predicted molar refractivity (Wildman–Crippen MR) is 121 cm³/mol. The number of benzene rings is 2. The van der Waals surface area contributed by atoms with Crippen LogP contribution in [-0.4, -0.2) is 60.9 Å². The van der Waals surface area contributed by atoms with E-state index in [0.717, 1.165) is 37.1 Å². The second-order valence-electron chi connectivity index (χ2n) is 8.54. The third-order valence-corrected chi connectivity index (χ3v) is 6.56. The van der Waals surface area contributed by atoms with Crippen LogP contribution in [0.15, 0.2) is 48.5 Å². The van der Waals surface area contributed by atoms with E-state index >= 15 is 0 Å². The Bertz CT molecular complexity index is 918. The molecule has 32 heavy (non-hydrogen) atoms. The van der Waals surface area contributed by atoms with Gasteiger partial charge in [-0.1, -0.05) is 12.8 Å². The van der Waals surface area contributed by atoms with Crippen LogP contribution in [0.25, 0.3) is 0 Å². The summed E-state index contributed by atoms with van der Waals surface area (Å²) >= 11 is 0. The lowest BCUT2D eigenvalue weighted by Gasteiger charge is -2.40. The van der Waals surface area contributed by atoms with Crippen LogP contribution < -0.4 is 10.1 Å². The Morgan fingerprint density at radius 1 is 0.969 bits per heavy atom. The molecular formula is C25H30FN3O3. The fourth-order valence-corrected chi connectivity index (χ4v) is 4.82. The Hall–Kier alpha value is -2.93. The van der Waals surface area contributed by atoms with Crippen molar-refractivity contribution in [3.8, 4) is 5.75 Å². The summed E-state index contributed by atoms with van der Waals surface area (Å²) in [6.45, 7) is 2.39. The van der Waals surface area contributed by atoms with Gasteiger partial charge in [0.05, 0.1) is 13.2 Å². The lowest BCUT2D eigenvalue weighted by atomic mass is 9.94. The molecule has 7 heteroatoms. The van der Waals surface area contributed by atoms with Crippen molar-refractivity contribution in [1.29, 1.82) is 0 Å². The highest BCUT2D eigenvalue weighted by atomic mass is 19.1. The topological polar surface area (TPSA) is 61.9 Å². The van der Waals surface area contributed by atoms with Crippen LogP contribution in [0.4, 0.5) is 10.1 Å². The highest BCUT2D eigenvalue weighted by molar-refractivity contribution is 5.95.